The van der Waals surface area contributed by atoms with E-state index >= 15 is 0 Å². The molecule has 1 aliphatic heterocycles. The Balaban J connectivity index is 2.00. The molecular formula is C12H18N2O2S. The number of carbonyl (C=O) groups is 1. The van der Waals surface area contributed by atoms with Crippen molar-refractivity contribution in [3.63, 3.8) is 0 Å². The number of nitrogens with one attached hydrogen (secondary N) is 1. The van der Waals surface area contributed by atoms with Gasteiger partial charge < -0.3 is 10.0 Å². The fourth-order valence-corrected chi connectivity index (χ4v) is 2.78. The minimum atomic E-state index is -0.740. The predicted molar refractivity (Wildman–Crippen MR) is 68.3 cm³/mol. The average Bonchev–Trinajstić information content (AvgIpc) is 2.81. The first-order valence-electron chi connectivity index (χ1n) is 5.82. The van der Waals surface area contributed by atoms with Crippen molar-refractivity contribution in [3.8, 4) is 0 Å². The van der Waals surface area contributed by atoms with Crippen LogP contribution in [0.25, 0.3) is 0 Å². The van der Waals surface area contributed by atoms with Crippen LogP contribution in [0.5, 0.6) is 0 Å². The van der Waals surface area contributed by atoms with Crippen LogP contribution in [0.15, 0.2) is 17.5 Å². The zero-order valence-electron chi connectivity index (χ0n) is 9.98. The first-order chi connectivity index (χ1) is 8.12. The van der Waals surface area contributed by atoms with Crippen molar-refractivity contribution in [2.24, 2.45) is 0 Å². The van der Waals surface area contributed by atoms with Crippen molar-refractivity contribution in [3.05, 3.63) is 22.4 Å². The van der Waals surface area contributed by atoms with Crippen LogP contribution in [-0.2, 0) is 11.3 Å². The topological polar surface area (TPSA) is 52.6 Å². The predicted octanol–water partition coefficient (Wildman–Crippen LogP) is 1.39. The van der Waals surface area contributed by atoms with Gasteiger partial charge in [-0.25, -0.2) is 0 Å². The number of carboxylic acids is 1. The Morgan fingerprint density at radius 2 is 2.29 bits per heavy atom. The van der Waals surface area contributed by atoms with Crippen LogP contribution in [0.1, 0.15) is 17.7 Å². The summed E-state index contributed by atoms with van der Waals surface area (Å²) in [4.78, 5) is 14.8. The largest absolute Gasteiger partial charge is 0.480 e. The van der Waals surface area contributed by atoms with E-state index in [1.54, 1.807) is 11.3 Å². The van der Waals surface area contributed by atoms with E-state index in [1.165, 1.54) is 4.88 Å². The lowest BCUT2D eigenvalue weighted by Crippen LogP contribution is -2.57. The molecule has 4 nitrogen and oxygen atoms in total. The van der Waals surface area contributed by atoms with Gasteiger partial charge in [0, 0.05) is 24.5 Å². The summed E-state index contributed by atoms with van der Waals surface area (Å²) in [6, 6.07) is 4.02. The first-order valence-corrected chi connectivity index (χ1v) is 6.70. The molecule has 0 saturated carbocycles. The van der Waals surface area contributed by atoms with Crippen LogP contribution in [0, 0.1) is 0 Å². The van der Waals surface area contributed by atoms with Crippen LogP contribution in [0.3, 0.4) is 0 Å². The van der Waals surface area contributed by atoms with Crippen molar-refractivity contribution in [2.75, 3.05) is 20.1 Å². The third kappa shape index (κ3) is 2.86. The van der Waals surface area contributed by atoms with E-state index in [0.717, 1.165) is 13.1 Å². The van der Waals surface area contributed by atoms with Gasteiger partial charge in [-0.05, 0) is 31.3 Å². The lowest BCUT2D eigenvalue weighted by Gasteiger charge is -2.38. The normalized spacial score (nSPS) is 20.3. The van der Waals surface area contributed by atoms with Gasteiger partial charge >= 0.3 is 5.97 Å². The second-order valence-electron chi connectivity index (χ2n) is 4.62. The van der Waals surface area contributed by atoms with Crippen molar-refractivity contribution in [1.29, 1.82) is 0 Å². The van der Waals surface area contributed by atoms with Gasteiger partial charge in [0.05, 0.1) is 0 Å². The van der Waals surface area contributed by atoms with Gasteiger partial charge in [-0.3, -0.25) is 10.1 Å². The summed E-state index contributed by atoms with van der Waals surface area (Å²) in [6.45, 7) is 2.32. The zero-order valence-corrected chi connectivity index (χ0v) is 10.8. The maximum Gasteiger partial charge on any atom is 0.324 e. The molecule has 0 atom stereocenters. The molecule has 1 aromatic rings. The van der Waals surface area contributed by atoms with Crippen LogP contribution >= 0.6 is 11.3 Å². The molecule has 1 aromatic heterocycles. The molecule has 2 N–H and O–H groups in total. The van der Waals surface area contributed by atoms with Gasteiger partial charge in [0.2, 0.25) is 0 Å². The van der Waals surface area contributed by atoms with Crippen LogP contribution < -0.4 is 5.32 Å². The Kier molecular flexibility index (Phi) is 3.81. The Hall–Kier alpha value is -0.910. The van der Waals surface area contributed by atoms with E-state index in [1.807, 2.05) is 24.6 Å². The van der Waals surface area contributed by atoms with E-state index < -0.39 is 11.5 Å². The number of hydrogen-bond acceptors (Lipinski definition) is 4. The number of hydrogen-bond donors (Lipinski definition) is 2. The molecule has 0 aromatic carbocycles. The highest BCUT2D eigenvalue weighted by Crippen LogP contribution is 2.23. The number of thiophene rings is 1. The summed E-state index contributed by atoms with van der Waals surface area (Å²) in [5.41, 5.74) is -0.740. The number of rotatable bonds is 4. The Labute approximate surface area is 105 Å². The molecule has 1 aliphatic rings. The monoisotopic (exact) mass is 254 g/mol. The average molecular weight is 254 g/mol. The molecular weight excluding hydrogens is 236 g/mol. The number of likely N-dealkylation sites (tertiary alicyclic amines) is 1. The molecule has 0 amide bonds. The lowest BCUT2D eigenvalue weighted by atomic mass is 9.87. The summed E-state index contributed by atoms with van der Waals surface area (Å²) in [5.74, 6) is -0.720. The highest BCUT2D eigenvalue weighted by molar-refractivity contribution is 7.09. The van der Waals surface area contributed by atoms with E-state index in [4.69, 9.17) is 0 Å². The molecule has 0 bridgehead atoms. The van der Waals surface area contributed by atoms with Gasteiger partial charge in [0.15, 0.2) is 0 Å². The molecule has 1 fully saturated rings. The Morgan fingerprint density at radius 3 is 2.82 bits per heavy atom. The van der Waals surface area contributed by atoms with E-state index in [0.29, 0.717) is 19.4 Å². The van der Waals surface area contributed by atoms with Gasteiger partial charge in [-0.15, -0.1) is 11.3 Å². The summed E-state index contributed by atoms with van der Waals surface area (Å²) in [5, 5.41) is 14.7. The van der Waals surface area contributed by atoms with E-state index in [2.05, 4.69) is 10.2 Å². The number of nitrogens with zero attached hydrogens (tertiary/aromatic N) is 1. The quantitative estimate of drug-likeness (QED) is 0.852. The standard InChI is InChI=1S/C12H18N2O2S/c1-14-6-4-12(5-7-14,11(15)16)13-9-10-3-2-8-17-10/h2-3,8,13H,4-7,9H2,1H3,(H,15,16). The smallest absolute Gasteiger partial charge is 0.324 e. The number of aliphatic carboxylic acids is 1. The summed E-state index contributed by atoms with van der Waals surface area (Å²) in [6.07, 6.45) is 1.34. The molecule has 2 heterocycles. The van der Waals surface area contributed by atoms with Gasteiger partial charge in [0.25, 0.3) is 0 Å². The second-order valence-corrected chi connectivity index (χ2v) is 5.66. The lowest BCUT2D eigenvalue weighted by molar-refractivity contribution is -0.147. The maximum absolute atomic E-state index is 11.5. The molecule has 0 unspecified atom stereocenters. The summed E-state index contributed by atoms with van der Waals surface area (Å²) >= 11 is 1.66. The fraction of sp³-hybridized carbons (Fsp3) is 0.583. The van der Waals surface area contributed by atoms with Crippen molar-refractivity contribution in [2.45, 2.75) is 24.9 Å². The molecule has 17 heavy (non-hydrogen) atoms. The van der Waals surface area contributed by atoms with Crippen molar-refractivity contribution >= 4 is 17.3 Å². The van der Waals surface area contributed by atoms with E-state index in [9.17, 15) is 9.90 Å². The van der Waals surface area contributed by atoms with Crippen LogP contribution in [0.4, 0.5) is 0 Å². The third-order valence-electron chi connectivity index (χ3n) is 3.43. The number of carboxylic acid groups (broad SMARTS) is 1. The van der Waals surface area contributed by atoms with Gasteiger partial charge in [-0.1, -0.05) is 6.07 Å². The van der Waals surface area contributed by atoms with Crippen molar-refractivity contribution in [1.82, 2.24) is 10.2 Å². The Bertz CT molecular complexity index is 370. The molecule has 0 spiro atoms. The van der Waals surface area contributed by atoms with Crippen LogP contribution in [0.2, 0.25) is 0 Å². The first kappa shape index (κ1) is 12.5. The molecule has 0 radical (unpaired) electrons. The molecule has 0 aliphatic carbocycles. The number of piperidine rings is 1. The minimum Gasteiger partial charge on any atom is -0.480 e. The van der Waals surface area contributed by atoms with Crippen molar-refractivity contribution < 1.29 is 9.90 Å². The summed E-state index contributed by atoms with van der Waals surface area (Å²) in [7, 11) is 2.03. The fourth-order valence-electron chi connectivity index (χ4n) is 2.14. The maximum atomic E-state index is 11.5. The SMILES string of the molecule is CN1CCC(NCc2cccs2)(C(=O)O)CC1. The highest BCUT2D eigenvalue weighted by atomic mass is 32.1. The molecule has 2 rings (SSSR count). The third-order valence-corrected chi connectivity index (χ3v) is 4.31. The molecule has 5 heteroatoms. The zero-order chi connectivity index (χ0) is 12.3. The molecule has 94 valence electrons. The minimum absolute atomic E-state index is 0.647. The second kappa shape index (κ2) is 5.16. The van der Waals surface area contributed by atoms with Crippen LogP contribution in [-0.4, -0.2) is 41.7 Å². The highest BCUT2D eigenvalue weighted by Gasteiger charge is 2.40. The molecule has 1 saturated heterocycles. The Morgan fingerprint density at radius 1 is 1.59 bits per heavy atom. The van der Waals surface area contributed by atoms with Gasteiger partial charge in [-0.2, -0.15) is 0 Å². The van der Waals surface area contributed by atoms with E-state index in [-0.39, 0.29) is 0 Å². The van der Waals surface area contributed by atoms with Gasteiger partial charge in [0.1, 0.15) is 5.54 Å². The summed E-state index contributed by atoms with van der Waals surface area (Å²) < 4.78 is 0.